The van der Waals surface area contributed by atoms with Crippen LogP contribution in [0.15, 0.2) is 42.9 Å². The number of hydrogen-bond donors (Lipinski definition) is 0. The Kier molecular flexibility index (Phi) is 4.25. The number of benzene rings is 1. The zero-order chi connectivity index (χ0) is 17.3. The highest BCUT2D eigenvalue weighted by molar-refractivity contribution is 6.06. The summed E-state index contributed by atoms with van der Waals surface area (Å²) in [5.74, 6) is -0.0396. The number of fused-ring (bicyclic) bond motifs is 1. The van der Waals surface area contributed by atoms with Crippen molar-refractivity contribution in [3.8, 4) is 0 Å². The standard InChI is InChI=1S/C19H20N4O/c1-12-6-5-7-15-16(10-13(2)22-18(12)15)19(24)23(4)14(3)17-8-9-20-11-21-17/h5-11,14H,1-4H3/t14-/m1/s1. The van der Waals surface area contributed by atoms with Crippen molar-refractivity contribution in [3.63, 3.8) is 0 Å². The Hall–Kier alpha value is -2.82. The van der Waals surface area contributed by atoms with E-state index in [4.69, 9.17) is 0 Å². The monoisotopic (exact) mass is 320 g/mol. The normalized spacial score (nSPS) is 12.2. The van der Waals surface area contributed by atoms with Crippen molar-refractivity contribution in [2.24, 2.45) is 0 Å². The Morgan fingerprint density at radius 1 is 1.21 bits per heavy atom. The molecule has 2 heterocycles. The van der Waals surface area contributed by atoms with Crippen molar-refractivity contribution in [2.45, 2.75) is 26.8 Å². The number of rotatable bonds is 3. The fourth-order valence-electron chi connectivity index (χ4n) is 2.81. The van der Waals surface area contributed by atoms with Crippen molar-refractivity contribution >= 4 is 16.8 Å². The molecule has 24 heavy (non-hydrogen) atoms. The molecule has 5 nitrogen and oxygen atoms in total. The quantitative estimate of drug-likeness (QED) is 0.741. The maximum atomic E-state index is 13.1. The molecule has 3 rings (SSSR count). The van der Waals surface area contributed by atoms with Crippen LogP contribution in [-0.2, 0) is 0 Å². The number of para-hydroxylation sites is 1. The largest absolute Gasteiger partial charge is 0.333 e. The SMILES string of the molecule is Cc1cc(C(=O)N(C)[C@H](C)c2ccncn2)c2cccc(C)c2n1. The molecular formula is C19H20N4O. The summed E-state index contributed by atoms with van der Waals surface area (Å²) in [4.78, 5) is 27.6. The molecule has 0 N–H and O–H groups in total. The lowest BCUT2D eigenvalue weighted by atomic mass is 10.0. The van der Waals surface area contributed by atoms with Gasteiger partial charge in [-0.2, -0.15) is 0 Å². The summed E-state index contributed by atoms with van der Waals surface area (Å²) in [5.41, 5.74) is 4.26. The molecule has 0 unspecified atom stereocenters. The molecule has 0 spiro atoms. The van der Waals surface area contributed by atoms with Crippen LogP contribution in [0.1, 0.15) is 40.3 Å². The Bertz CT molecular complexity index is 893. The highest BCUT2D eigenvalue weighted by Gasteiger charge is 2.22. The third-order valence-electron chi connectivity index (χ3n) is 4.33. The van der Waals surface area contributed by atoms with Crippen LogP contribution in [0.3, 0.4) is 0 Å². The number of nitrogens with zero attached hydrogens (tertiary/aromatic N) is 4. The molecule has 122 valence electrons. The van der Waals surface area contributed by atoms with E-state index in [1.54, 1.807) is 18.1 Å². The number of pyridine rings is 1. The molecule has 0 aliphatic rings. The van der Waals surface area contributed by atoms with E-state index in [9.17, 15) is 4.79 Å². The van der Waals surface area contributed by atoms with E-state index in [2.05, 4.69) is 15.0 Å². The van der Waals surface area contributed by atoms with Crippen LogP contribution in [0.4, 0.5) is 0 Å². The number of aryl methyl sites for hydroxylation is 2. The average Bonchev–Trinajstić information content (AvgIpc) is 2.61. The highest BCUT2D eigenvalue weighted by atomic mass is 16.2. The molecule has 0 fully saturated rings. The minimum atomic E-state index is -0.145. The smallest absolute Gasteiger partial charge is 0.254 e. The van der Waals surface area contributed by atoms with Gasteiger partial charge >= 0.3 is 0 Å². The first-order valence-corrected chi connectivity index (χ1v) is 7.89. The van der Waals surface area contributed by atoms with Gasteiger partial charge in [0, 0.05) is 24.3 Å². The molecule has 1 aromatic carbocycles. The van der Waals surface area contributed by atoms with Crippen molar-refractivity contribution < 1.29 is 4.79 Å². The minimum absolute atomic E-state index is 0.0396. The summed E-state index contributed by atoms with van der Waals surface area (Å²) in [6.07, 6.45) is 3.19. The number of carbonyl (C=O) groups is 1. The molecule has 5 heteroatoms. The van der Waals surface area contributed by atoms with Gasteiger partial charge in [-0.1, -0.05) is 18.2 Å². The topological polar surface area (TPSA) is 59.0 Å². The van der Waals surface area contributed by atoms with Gasteiger partial charge in [-0.15, -0.1) is 0 Å². The molecule has 0 aliphatic heterocycles. The summed E-state index contributed by atoms with van der Waals surface area (Å²) in [7, 11) is 1.80. The number of hydrogen-bond acceptors (Lipinski definition) is 4. The molecule has 1 atom stereocenters. The first-order valence-electron chi connectivity index (χ1n) is 7.89. The molecule has 0 aliphatic carbocycles. The van der Waals surface area contributed by atoms with E-state index < -0.39 is 0 Å². The maximum absolute atomic E-state index is 13.1. The third kappa shape index (κ3) is 2.85. The maximum Gasteiger partial charge on any atom is 0.254 e. The first-order chi connectivity index (χ1) is 11.5. The van der Waals surface area contributed by atoms with Crippen LogP contribution in [0.2, 0.25) is 0 Å². The Morgan fingerprint density at radius 2 is 2.00 bits per heavy atom. The lowest BCUT2D eigenvalue weighted by Crippen LogP contribution is -2.30. The van der Waals surface area contributed by atoms with Crippen LogP contribution in [-0.4, -0.2) is 32.8 Å². The molecule has 2 aromatic heterocycles. The van der Waals surface area contributed by atoms with Crippen LogP contribution in [0.5, 0.6) is 0 Å². The predicted molar refractivity (Wildman–Crippen MR) is 93.8 cm³/mol. The second-order valence-electron chi connectivity index (χ2n) is 6.01. The van der Waals surface area contributed by atoms with Crippen LogP contribution in [0.25, 0.3) is 10.9 Å². The van der Waals surface area contributed by atoms with Crippen LogP contribution < -0.4 is 0 Å². The van der Waals surface area contributed by atoms with E-state index in [1.807, 2.05) is 51.1 Å². The van der Waals surface area contributed by atoms with Gasteiger partial charge < -0.3 is 4.90 Å². The van der Waals surface area contributed by atoms with E-state index in [0.717, 1.165) is 27.9 Å². The summed E-state index contributed by atoms with van der Waals surface area (Å²) in [5, 5.41) is 0.882. The van der Waals surface area contributed by atoms with E-state index in [0.29, 0.717) is 5.56 Å². The minimum Gasteiger partial charge on any atom is -0.333 e. The molecule has 3 aromatic rings. The van der Waals surface area contributed by atoms with E-state index >= 15 is 0 Å². The number of carbonyl (C=O) groups excluding carboxylic acids is 1. The van der Waals surface area contributed by atoms with Crippen molar-refractivity contribution in [2.75, 3.05) is 7.05 Å². The Morgan fingerprint density at radius 3 is 2.71 bits per heavy atom. The zero-order valence-corrected chi connectivity index (χ0v) is 14.3. The van der Waals surface area contributed by atoms with Gasteiger partial charge in [0.05, 0.1) is 22.8 Å². The van der Waals surface area contributed by atoms with Crippen LogP contribution >= 0.6 is 0 Å². The van der Waals surface area contributed by atoms with Crippen LogP contribution in [0, 0.1) is 13.8 Å². The van der Waals surface area contributed by atoms with Gasteiger partial charge in [0.15, 0.2) is 0 Å². The van der Waals surface area contributed by atoms with Gasteiger partial charge in [-0.3, -0.25) is 9.78 Å². The van der Waals surface area contributed by atoms with Gasteiger partial charge in [-0.25, -0.2) is 9.97 Å². The molecule has 0 bridgehead atoms. The van der Waals surface area contributed by atoms with Gasteiger partial charge in [0.1, 0.15) is 6.33 Å². The Balaban J connectivity index is 2.04. The molecule has 0 saturated heterocycles. The number of aromatic nitrogens is 3. The third-order valence-corrected chi connectivity index (χ3v) is 4.33. The second kappa shape index (κ2) is 6.35. The summed E-state index contributed by atoms with van der Waals surface area (Å²) in [6.45, 7) is 5.88. The fourth-order valence-corrected chi connectivity index (χ4v) is 2.81. The van der Waals surface area contributed by atoms with Gasteiger partial charge in [-0.05, 0) is 38.5 Å². The second-order valence-corrected chi connectivity index (χ2v) is 6.01. The molecule has 0 saturated carbocycles. The summed E-state index contributed by atoms with van der Waals surface area (Å²) >= 11 is 0. The van der Waals surface area contributed by atoms with Crippen molar-refractivity contribution in [1.29, 1.82) is 0 Å². The zero-order valence-electron chi connectivity index (χ0n) is 14.3. The highest BCUT2D eigenvalue weighted by Crippen LogP contribution is 2.25. The van der Waals surface area contributed by atoms with E-state index in [1.165, 1.54) is 6.33 Å². The predicted octanol–water partition coefficient (Wildman–Crippen LogP) is 3.47. The average molecular weight is 320 g/mol. The lowest BCUT2D eigenvalue weighted by Gasteiger charge is -2.25. The molecule has 1 amide bonds. The molecular weight excluding hydrogens is 300 g/mol. The van der Waals surface area contributed by atoms with Crippen molar-refractivity contribution in [3.05, 3.63) is 65.4 Å². The van der Waals surface area contributed by atoms with Gasteiger partial charge in [0.25, 0.3) is 5.91 Å². The summed E-state index contributed by atoms with van der Waals surface area (Å²) in [6, 6.07) is 9.46. The number of amides is 1. The Labute approximate surface area is 141 Å². The summed E-state index contributed by atoms with van der Waals surface area (Å²) < 4.78 is 0. The fraction of sp³-hybridized carbons (Fsp3) is 0.263. The lowest BCUT2D eigenvalue weighted by molar-refractivity contribution is 0.0741. The van der Waals surface area contributed by atoms with E-state index in [-0.39, 0.29) is 11.9 Å². The van der Waals surface area contributed by atoms with Crippen molar-refractivity contribution in [1.82, 2.24) is 19.9 Å². The molecule has 0 radical (unpaired) electrons. The van der Waals surface area contributed by atoms with Gasteiger partial charge in [0.2, 0.25) is 0 Å². The first kappa shape index (κ1) is 16.1.